The van der Waals surface area contributed by atoms with Crippen LogP contribution in [0.15, 0.2) is 24.3 Å². The first kappa shape index (κ1) is 15.2. The third kappa shape index (κ3) is 4.12. The van der Waals surface area contributed by atoms with E-state index in [0.717, 1.165) is 25.0 Å². The van der Waals surface area contributed by atoms with Gasteiger partial charge in [-0.05, 0) is 31.0 Å². The number of anilines is 1. The zero-order chi connectivity index (χ0) is 15.5. The normalized spacial score (nSPS) is 14.4. The first-order valence-corrected chi connectivity index (χ1v) is 6.53. The van der Waals surface area contributed by atoms with Gasteiger partial charge >= 0.3 is 12.2 Å². The van der Waals surface area contributed by atoms with E-state index in [0.29, 0.717) is 0 Å². The van der Waals surface area contributed by atoms with Gasteiger partial charge in [-0.2, -0.15) is 18.4 Å². The lowest BCUT2D eigenvalue weighted by Crippen LogP contribution is -2.37. The van der Waals surface area contributed by atoms with Crippen LogP contribution in [0, 0.1) is 11.3 Å². The van der Waals surface area contributed by atoms with Crippen LogP contribution in [0.5, 0.6) is 0 Å². The van der Waals surface area contributed by atoms with Crippen molar-refractivity contribution in [2.45, 2.75) is 31.5 Å². The van der Waals surface area contributed by atoms with Gasteiger partial charge < -0.3 is 10.2 Å². The van der Waals surface area contributed by atoms with E-state index in [1.807, 2.05) is 6.07 Å². The van der Waals surface area contributed by atoms with Gasteiger partial charge in [0.15, 0.2) is 0 Å². The van der Waals surface area contributed by atoms with Crippen molar-refractivity contribution in [3.05, 3.63) is 29.8 Å². The molecule has 0 aromatic heterocycles. The monoisotopic (exact) mass is 297 g/mol. The predicted octanol–water partition coefficient (Wildman–Crippen LogP) is 3.62. The summed E-state index contributed by atoms with van der Waals surface area (Å²) in [7, 11) is 0. The number of amides is 2. The molecule has 112 valence electrons. The Kier molecular flexibility index (Phi) is 4.36. The largest absolute Gasteiger partial charge is 0.416 e. The van der Waals surface area contributed by atoms with Crippen molar-refractivity contribution in [1.82, 2.24) is 4.90 Å². The third-order valence-electron chi connectivity index (χ3n) is 3.15. The molecule has 0 saturated heterocycles. The molecule has 0 atom stereocenters. The minimum atomic E-state index is -4.45. The molecule has 0 aliphatic heterocycles. The summed E-state index contributed by atoms with van der Waals surface area (Å²) < 4.78 is 37.8. The second-order valence-corrected chi connectivity index (χ2v) is 4.84. The summed E-state index contributed by atoms with van der Waals surface area (Å²) in [5.74, 6) is 0. The van der Waals surface area contributed by atoms with Gasteiger partial charge in [-0.25, -0.2) is 4.79 Å². The minimum Gasteiger partial charge on any atom is -0.321 e. The summed E-state index contributed by atoms with van der Waals surface area (Å²) in [6, 6.07) is 6.07. The lowest BCUT2D eigenvalue weighted by molar-refractivity contribution is -0.137. The number of hydrogen-bond donors (Lipinski definition) is 1. The van der Waals surface area contributed by atoms with Crippen LogP contribution in [0.25, 0.3) is 0 Å². The topological polar surface area (TPSA) is 56.1 Å². The van der Waals surface area contributed by atoms with Crippen molar-refractivity contribution < 1.29 is 18.0 Å². The average molecular weight is 297 g/mol. The molecule has 1 saturated carbocycles. The number of urea groups is 1. The maximum absolute atomic E-state index is 12.6. The van der Waals surface area contributed by atoms with E-state index in [1.54, 1.807) is 0 Å². The van der Waals surface area contributed by atoms with E-state index in [-0.39, 0.29) is 24.7 Å². The van der Waals surface area contributed by atoms with Crippen LogP contribution >= 0.6 is 0 Å². The highest BCUT2D eigenvalue weighted by Gasteiger charge is 2.33. The molecule has 7 heteroatoms. The fraction of sp³-hybridized carbons (Fsp3) is 0.429. The molecule has 1 aromatic carbocycles. The maximum atomic E-state index is 12.6. The molecule has 21 heavy (non-hydrogen) atoms. The molecule has 1 aliphatic carbocycles. The van der Waals surface area contributed by atoms with Crippen LogP contribution < -0.4 is 5.32 Å². The number of rotatable bonds is 4. The quantitative estimate of drug-likeness (QED) is 0.923. The molecule has 4 nitrogen and oxygen atoms in total. The molecule has 0 radical (unpaired) electrons. The highest BCUT2D eigenvalue weighted by Crippen LogP contribution is 2.31. The van der Waals surface area contributed by atoms with E-state index in [4.69, 9.17) is 5.26 Å². The van der Waals surface area contributed by atoms with Gasteiger partial charge in [0, 0.05) is 18.3 Å². The molecule has 1 aromatic rings. The van der Waals surface area contributed by atoms with Crippen LogP contribution in [0.2, 0.25) is 0 Å². The maximum Gasteiger partial charge on any atom is 0.416 e. The van der Waals surface area contributed by atoms with Crippen molar-refractivity contribution in [2.24, 2.45) is 0 Å². The molecule has 1 N–H and O–H groups in total. The minimum absolute atomic E-state index is 0.0872. The van der Waals surface area contributed by atoms with Gasteiger partial charge in [-0.3, -0.25) is 0 Å². The Balaban J connectivity index is 2.06. The fourth-order valence-corrected chi connectivity index (χ4v) is 1.98. The molecule has 2 rings (SSSR count). The smallest absolute Gasteiger partial charge is 0.321 e. The standard InChI is InChI=1S/C14H14F3N3O/c15-14(16,17)10-3-1-4-11(9-10)19-13(21)20(8-2-7-18)12-5-6-12/h1,3-4,9,12H,2,5-6,8H2,(H,19,21). The van der Waals surface area contributed by atoms with Gasteiger partial charge in [-0.15, -0.1) is 0 Å². The summed E-state index contributed by atoms with van der Waals surface area (Å²) in [5.41, 5.74) is -0.715. The number of nitriles is 1. The first-order chi connectivity index (χ1) is 9.91. The summed E-state index contributed by atoms with van der Waals surface area (Å²) in [4.78, 5) is 13.6. The molecule has 1 fully saturated rings. The van der Waals surface area contributed by atoms with E-state index < -0.39 is 17.8 Å². The van der Waals surface area contributed by atoms with Gasteiger partial charge in [-0.1, -0.05) is 6.07 Å². The number of alkyl halides is 3. The number of benzene rings is 1. The first-order valence-electron chi connectivity index (χ1n) is 6.53. The van der Waals surface area contributed by atoms with Gasteiger partial charge in [0.2, 0.25) is 0 Å². The SMILES string of the molecule is N#CCCN(C(=O)Nc1cccc(C(F)(F)F)c1)C1CC1. The number of nitrogens with zero attached hydrogens (tertiary/aromatic N) is 2. The molecule has 0 bridgehead atoms. The van der Waals surface area contributed by atoms with Crippen molar-refractivity contribution in [2.75, 3.05) is 11.9 Å². The van der Waals surface area contributed by atoms with E-state index in [9.17, 15) is 18.0 Å². The van der Waals surface area contributed by atoms with Crippen molar-refractivity contribution in [3.8, 4) is 6.07 Å². The van der Waals surface area contributed by atoms with Crippen molar-refractivity contribution in [1.29, 1.82) is 5.26 Å². The number of nitrogens with one attached hydrogen (secondary N) is 1. The summed E-state index contributed by atoms with van der Waals surface area (Å²) in [6.45, 7) is 0.284. The second kappa shape index (κ2) is 6.04. The van der Waals surface area contributed by atoms with Gasteiger partial charge in [0.05, 0.1) is 18.1 Å². The highest BCUT2D eigenvalue weighted by atomic mass is 19.4. The highest BCUT2D eigenvalue weighted by molar-refractivity contribution is 5.89. The average Bonchev–Trinajstić information content (AvgIpc) is 3.23. The van der Waals surface area contributed by atoms with Crippen LogP contribution in [-0.2, 0) is 6.18 Å². The predicted molar refractivity (Wildman–Crippen MR) is 70.4 cm³/mol. The number of carbonyl (C=O) groups excluding carboxylic acids is 1. The Bertz CT molecular complexity index is 561. The Morgan fingerprint density at radius 3 is 2.71 bits per heavy atom. The third-order valence-corrected chi connectivity index (χ3v) is 3.15. The zero-order valence-corrected chi connectivity index (χ0v) is 11.2. The second-order valence-electron chi connectivity index (χ2n) is 4.84. The summed E-state index contributed by atoms with van der Waals surface area (Å²) in [5, 5.41) is 11.0. The number of halogens is 3. The zero-order valence-electron chi connectivity index (χ0n) is 11.2. The van der Waals surface area contributed by atoms with Gasteiger partial charge in [0.25, 0.3) is 0 Å². The van der Waals surface area contributed by atoms with Crippen LogP contribution in [-0.4, -0.2) is 23.5 Å². The van der Waals surface area contributed by atoms with E-state index in [2.05, 4.69) is 5.32 Å². The summed E-state index contributed by atoms with van der Waals surface area (Å²) >= 11 is 0. The van der Waals surface area contributed by atoms with Crippen molar-refractivity contribution in [3.63, 3.8) is 0 Å². The van der Waals surface area contributed by atoms with Crippen LogP contribution in [0.3, 0.4) is 0 Å². The number of carbonyl (C=O) groups is 1. The molecule has 0 unspecified atom stereocenters. The van der Waals surface area contributed by atoms with Gasteiger partial charge in [0.1, 0.15) is 0 Å². The van der Waals surface area contributed by atoms with E-state index in [1.165, 1.54) is 17.0 Å². The number of hydrogen-bond acceptors (Lipinski definition) is 2. The molecule has 2 amide bonds. The molecule has 0 spiro atoms. The van der Waals surface area contributed by atoms with Crippen LogP contribution in [0.1, 0.15) is 24.8 Å². The van der Waals surface area contributed by atoms with Crippen molar-refractivity contribution >= 4 is 11.7 Å². The summed E-state index contributed by atoms with van der Waals surface area (Å²) in [6.07, 6.45) is -2.52. The Morgan fingerprint density at radius 1 is 1.43 bits per heavy atom. The lowest BCUT2D eigenvalue weighted by Gasteiger charge is -2.22. The fourth-order valence-electron chi connectivity index (χ4n) is 1.98. The Morgan fingerprint density at radius 2 is 2.14 bits per heavy atom. The Hall–Kier alpha value is -2.23. The molecular weight excluding hydrogens is 283 g/mol. The molecular formula is C14H14F3N3O. The molecule has 1 aliphatic rings. The molecule has 0 heterocycles. The van der Waals surface area contributed by atoms with E-state index >= 15 is 0 Å². The Labute approximate surface area is 120 Å². The lowest BCUT2D eigenvalue weighted by atomic mass is 10.2. The van der Waals surface area contributed by atoms with Crippen LogP contribution in [0.4, 0.5) is 23.7 Å².